The van der Waals surface area contributed by atoms with E-state index in [1.54, 1.807) is 6.07 Å². The number of carbonyl (C=O) groups is 1. The normalized spacial score (nSPS) is 20.4. The molecule has 3 rings (SSSR count). The Balaban J connectivity index is 1.72. The zero-order valence-corrected chi connectivity index (χ0v) is 13.6. The summed E-state index contributed by atoms with van der Waals surface area (Å²) in [5.74, 6) is 1.38. The lowest BCUT2D eigenvalue weighted by Crippen LogP contribution is -2.38. The molecule has 1 N–H and O–H groups in total. The summed E-state index contributed by atoms with van der Waals surface area (Å²) in [4.78, 5) is 23.5. The number of rotatable bonds is 3. The molecule has 1 amide bonds. The number of piperidine rings is 1. The second kappa shape index (κ2) is 6.63. The van der Waals surface area contributed by atoms with Crippen molar-refractivity contribution in [1.82, 2.24) is 14.9 Å². The molecule has 120 valence electrons. The number of anilines is 1. The van der Waals surface area contributed by atoms with Gasteiger partial charge in [-0.05, 0) is 44.6 Å². The van der Waals surface area contributed by atoms with Crippen molar-refractivity contribution in [3.63, 3.8) is 0 Å². The SMILES string of the molecule is Cc1cc(C(=O)N2CCC(C)CC2)nc(NC2CCCC2)n1. The molecule has 2 aliphatic rings. The van der Waals surface area contributed by atoms with E-state index in [0.29, 0.717) is 17.7 Å². The quantitative estimate of drug-likeness (QED) is 0.932. The second-order valence-electron chi connectivity index (χ2n) is 6.82. The predicted octanol–water partition coefficient (Wildman–Crippen LogP) is 3.01. The van der Waals surface area contributed by atoms with Crippen LogP contribution in [0.1, 0.15) is 61.6 Å². The van der Waals surface area contributed by atoms with Crippen LogP contribution in [0.4, 0.5) is 5.95 Å². The van der Waals surface area contributed by atoms with Gasteiger partial charge in [0.15, 0.2) is 0 Å². The molecule has 22 heavy (non-hydrogen) atoms. The van der Waals surface area contributed by atoms with Crippen LogP contribution in [0, 0.1) is 12.8 Å². The first kappa shape index (κ1) is 15.3. The van der Waals surface area contributed by atoms with Crippen LogP contribution < -0.4 is 5.32 Å². The Hall–Kier alpha value is -1.65. The Bertz CT molecular complexity index is 531. The van der Waals surface area contributed by atoms with Gasteiger partial charge >= 0.3 is 0 Å². The molecule has 0 unspecified atom stereocenters. The Labute approximate surface area is 132 Å². The highest BCUT2D eigenvalue weighted by Crippen LogP contribution is 2.22. The van der Waals surface area contributed by atoms with Crippen molar-refractivity contribution in [2.24, 2.45) is 5.92 Å². The van der Waals surface area contributed by atoms with Gasteiger partial charge in [-0.15, -0.1) is 0 Å². The van der Waals surface area contributed by atoms with Gasteiger partial charge in [0.2, 0.25) is 5.95 Å². The van der Waals surface area contributed by atoms with Crippen molar-refractivity contribution < 1.29 is 4.79 Å². The van der Waals surface area contributed by atoms with Crippen LogP contribution in [0.3, 0.4) is 0 Å². The highest BCUT2D eigenvalue weighted by Gasteiger charge is 2.23. The lowest BCUT2D eigenvalue weighted by molar-refractivity contribution is 0.0691. The lowest BCUT2D eigenvalue weighted by Gasteiger charge is -2.30. The van der Waals surface area contributed by atoms with Gasteiger partial charge in [-0.3, -0.25) is 4.79 Å². The van der Waals surface area contributed by atoms with Crippen LogP contribution in [0.5, 0.6) is 0 Å². The molecule has 2 fully saturated rings. The number of likely N-dealkylation sites (tertiary alicyclic amines) is 1. The summed E-state index contributed by atoms with van der Waals surface area (Å²) in [6, 6.07) is 2.26. The van der Waals surface area contributed by atoms with E-state index >= 15 is 0 Å². The molecule has 5 heteroatoms. The molecular formula is C17H26N4O. The van der Waals surface area contributed by atoms with Gasteiger partial charge in [0, 0.05) is 24.8 Å². The third-order valence-electron chi connectivity index (χ3n) is 4.83. The Morgan fingerprint density at radius 2 is 1.86 bits per heavy atom. The van der Waals surface area contributed by atoms with Crippen molar-refractivity contribution >= 4 is 11.9 Å². The summed E-state index contributed by atoms with van der Waals surface area (Å²) in [6.45, 7) is 5.86. The fraction of sp³-hybridized carbons (Fsp3) is 0.706. The van der Waals surface area contributed by atoms with Crippen molar-refractivity contribution in [2.75, 3.05) is 18.4 Å². The number of amides is 1. The molecule has 1 saturated heterocycles. The van der Waals surface area contributed by atoms with E-state index in [-0.39, 0.29) is 5.91 Å². The lowest BCUT2D eigenvalue weighted by atomic mass is 9.99. The molecule has 1 saturated carbocycles. The third-order valence-corrected chi connectivity index (χ3v) is 4.83. The smallest absolute Gasteiger partial charge is 0.272 e. The maximum absolute atomic E-state index is 12.7. The highest BCUT2D eigenvalue weighted by molar-refractivity contribution is 5.92. The van der Waals surface area contributed by atoms with Crippen molar-refractivity contribution in [2.45, 2.75) is 58.4 Å². The second-order valence-corrected chi connectivity index (χ2v) is 6.82. The minimum absolute atomic E-state index is 0.0480. The molecule has 0 spiro atoms. The summed E-state index contributed by atoms with van der Waals surface area (Å²) in [5.41, 5.74) is 1.38. The van der Waals surface area contributed by atoms with E-state index in [0.717, 1.165) is 37.5 Å². The van der Waals surface area contributed by atoms with Crippen LogP contribution in [0.2, 0.25) is 0 Å². The Morgan fingerprint density at radius 1 is 1.18 bits per heavy atom. The number of aromatic nitrogens is 2. The van der Waals surface area contributed by atoms with E-state index in [1.165, 1.54) is 25.7 Å². The first-order valence-corrected chi connectivity index (χ1v) is 8.53. The zero-order valence-electron chi connectivity index (χ0n) is 13.6. The predicted molar refractivity (Wildman–Crippen MR) is 86.9 cm³/mol. The van der Waals surface area contributed by atoms with Crippen molar-refractivity contribution in [3.05, 3.63) is 17.5 Å². The largest absolute Gasteiger partial charge is 0.351 e. The van der Waals surface area contributed by atoms with Crippen molar-refractivity contribution in [1.29, 1.82) is 0 Å². The number of nitrogens with one attached hydrogen (secondary N) is 1. The molecule has 2 heterocycles. The average molecular weight is 302 g/mol. The number of aryl methyl sites for hydroxylation is 1. The molecule has 1 aromatic heterocycles. The highest BCUT2D eigenvalue weighted by atomic mass is 16.2. The van der Waals surface area contributed by atoms with E-state index < -0.39 is 0 Å². The number of nitrogens with zero attached hydrogens (tertiary/aromatic N) is 3. The number of hydrogen-bond donors (Lipinski definition) is 1. The van der Waals surface area contributed by atoms with Gasteiger partial charge in [0.1, 0.15) is 5.69 Å². The molecule has 5 nitrogen and oxygen atoms in total. The van der Waals surface area contributed by atoms with Gasteiger partial charge in [-0.2, -0.15) is 0 Å². The van der Waals surface area contributed by atoms with E-state index in [4.69, 9.17) is 0 Å². The monoisotopic (exact) mass is 302 g/mol. The fourth-order valence-electron chi connectivity index (χ4n) is 3.37. The van der Waals surface area contributed by atoms with Gasteiger partial charge in [0.25, 0.3) is 5.91 Å². The molecule has 0 radical (unpaired) electrons. The fourth-order valence-corrected chi connectivity index (χ4v) is 3.37. The van der Waals surface area contributed by atoms with Crippen LogP contribution in [-0.2, 0) is 0 Å². The van der Waals surface area contributed by atoms with E-state index in [2.05, 4.69) is 22.2 Å². The molecule has 1 aliphatic carbocycles. The third kappa shape index (κ3) is 3.57. The standard InChI is InChI=1S/C17H26N4O/c1-12-7-9-21(10-8-12)16(22)15-11-13(2)18-17(20-15)19-14-5-3-4-6-14/h11-12,14H,3-10H2,1-2H3,(H,18,19,20). The number of carbonyl (C=O) groups excluding carboxylic acids is 1. The summed E-state index contributed by atoms with van der Waals surface area (Å²) >= 11 is 0. The van der Waals surface area contributed by atoms with Crippen LogP contribution >= 0.6 is 0 Å². The molecule has 0 bridgehead atoms. The van der Waals surface area contributed by atoms with Gasteiger partial charge < -0.3 is 10.2 Å². The topological polar surface area (TPSA) is 58.1 Å². The minimum atomic E-state index is 0.0480. The molecular weight excluding hydrogens is 276 g/mol. The van der Waals surface area contributed by atoms with Gasteiger partial charge in [0.05, 0.1) is 0 Å². The van der Waals surface area contributed by atoms with E-state index in [1.807, 2.05) is 11.8 Å². The van der Waals surface area contributed by atoms with Gasteiger partial charge in [-0.25, -0.2) is 9.97 Å². The van der Waals surface area contributed by atoms with Crippen LogP contribution in [-0.4, -0.2) is 39.9 Å². The average Bonchev–Trinajstić information content (AvgIpc) is 2.99. The van der Waals surface area contributed by atoms with Crippen LogP contribution in [0.25, 0.3) is 0 Å². The maximum Gasteiger partial charge on any atom is 0.272 e. The molecule has 0 atom stereocenters. The Morgan fingerprint density at radius 3 is 2.55 bits per heavy atom. The molecule has 0 aromatic carbocycles. The maximum atomic E-state index is 12.7. The first-order valence-electron chi connectivity index (χ1n) is 8.53. The van der Waals surface area contributed by atoms with Gasteiger partial charge in [-0.1, -0.05) is 19.8 Å². The summed E-state index contributed by atoms with van der Waals surface area (Å²) in [6.07, 6.45) is 7.05. The first-order chi connectivity index (χ1) is 10.6. The van der Waals surface area contributed by atoms with Crippen LogP contribution in [0.15, 0.2) is 6.07 Å². The zero-order chi connectivity index (χ0) is 15.5. The summed E-state index contributed by atoms with van der Waals surface area (Å²) in [5, 5.41) is 3.39. The van der Waals surface area contributed by atoms with Crippen molar-refractivity contribution in [3.8, 4) is 0 Å². The Kier molecular flexibility index (Phi) is 4.60. The number of hydrogen-bond acceptors (Lipinski definition) is 4. The molecule has 1 aromatic rings. The molecule has 1 aliphatic heterocycles. The summed E-state index contributed by atoms with van der Waals surface area (Å²) in [7, 11) is 0. The summed E-state index contributed by atoms with van der Waals surface area (Å²) < 4.78 is 0. The van der Waals surface area contributed by atoms with E-state index in [9.17, 15) is 4.79 Å². The minimum Gasteiger partial charge on any atom is -0.351 e.